The molecule has 0 aliphatic heterocycles. The van der Waals surface area contributed by atoms with Gasteiger partial charge in [-0.25, -0.2) is 0 Å². The number of benzene rings is 1. The third-order valence-electron chi connectivity index (χ3n) is 3.30. The molecule has 0 atom stereocenters. The van der Waals surface area contributed by atoms with Crippen molar-refractivity contribution in [1.82, 2.24) is 0 Å². The summed E-state index contributed by atoms with van der Waals surface area (Å²) in [6.07, 6.45) is 1.80. The zero-order valence-corrected chi connectivity index (χ0v) is 15.8. The first kappa shape index (κ1) is 22.6. The molecule has 6 heteroatoms. The van der Waals surface area contributed by atoms with Crippen LogP contribution in [0.2, 0.25) is 0 Å². The van der Waals surface area contributed by atoms with E-state index in [-0.39, 0.29) is 0 Å². The van der Waals surface area contributed by atoms with Gasteiger partial charge in [0.05, 0.1) is 59.5 Å². The molecule has 26 heavy (non-hydrogen) atoms. The molecule has 6 nitrogen and oxygen atoms in total. The topological polar surface area (TPSA) is 55.4 Å². The lowest BCUT2D eigenvalue weighted by Crippen LogP contribution is -2.14. The Labute approximate surface area is 157 Å². The Kier molecular flexibility index (Phi) is 14.8. The highest BCUT2D eigenvalue weighted by Crippen LogP contribution is 2.12. The van der Waals surface area contributed by atoms with E-state index in [2.05, 4.69) is 6.58 Å². The third-order valence-corrected chi connectivity index (χ3v) is 3.30. The first-order chi connectivity index (χ1) is 12.9. The number of rotatable bonds is 18. The molecule has 0 aliphatic carbocycles. The van der Waals surface area contributed by atoms with Crippen LogP contribution in [-0.2, 0) is 23.7 Å². The van der Waals surface area contributed by atoms with Gasteiger partial charge in [-0.3, -0.25) is 0 Å². The fourth-order valence-electron chi connectivity index (χ4n) is 1.94. The molecule has 0 aliphatic rings. The molecule has 1 rings (SSSR count). The van der Waals surface area contributed by atoms with Crippen LogP contribution in [0, 0.1) is 0 Å². The van der Waals surface area contributed by atoms with E-state index in [9.17, 15) is 0 Å². The molecule has 0 spiro atoms. The van der Waals surface area contributed by atoms with Gasteiger partial charge in [0.1, 0.15) is 12.4 Å². The van der Waals surface area contributed by atoms with Crippen molar-refractivity contribution in [3.63, 3.8) is 0 Å². The predicted molar refractivity (Wildman–Crippen MR) is 102 cm³/mol. The lowest BCUT2D eigenvalue weighted by Gasteiger charge is -2.08. The predicted octanol–water partition coefficient (Wildman–Crippen LogP) is 2.81. The number of ether oxygens (including phenoxy) is 6. The zero-order valence-electron chi connectivity index (χ0n) is 15.8. The van der Waals surface area contributed by atoms with Gasteiger partial charge < -0.3 is 28.4 Å². The lowest BCUT2D eigenvalue weighted by molar-refractivity contribution is -0.0119. The minimum atomic E-state index is 0.514. The van der Waals surface area contributed by atoms with Gasteiger partial charge in [0.25, 0.3) is 0 Å². The Morgan fingerprint density at radius 2 is 1.08 bits per heavy atom. The maximum absolute atomic E-state index is 5.58. The fourth-order valence-corrected chi connectivity index (χ4v) is 1.94. The summed E-state index contributed by atoms with van der Waals surface area (Å²) in [4.78, 5) is 0. The summed E-state index contributed by atoms with van der Waals surface area (Å²) in [7, 11) is 0. The molecular weight excluding hydrogens is 336 g/mol. The van der Waals surface area contributed by atoms with Crippen LogP contribution in [0.25, 0.3) is 6.08 Å². The molecule has 0 heterocycles. The van der Waals surface area contributed by atoms with E-state index in [1.165, 1.54) is 0 Å². The van der Waals surface area contributed by atoms with Gasteiger partial charge in [-0.1, -0.05) is 24.8 Å². The molecule has 0 bridgehead atoms. The Morgan fingerprint density at radius 1 is 0.654 bits per heavy atom. The van der Waals surface area contributed by atoms with Crippen LogP contribution in [-0.4, -0.2) is 72.7 Å². The molecule has 0 amide bonds. The summed E-state index contributed by atoms with van der Waals surface area (Å²) in [5, 5.41) is 0. The molecule has 0 unspecified atom stereocenters. The van der Waals surface area contributed by atoms with Crippen LogP contribution in [0.4, 0.5) is 0 Å². The van der Waals surface area contributed by atoms with E-state index in [1.54, 1.807) is 6.08 Å². The van der Waals surface area contributed by atoms with Crippen LogP contribution < -0.4 is 4.74 Å². The van der Waals surface area contributed by atoms with Crippen molar-refractivity contribution in [2.45, 2.75) is 6.92 Å². The average Bonchev–Trinajstić information content (AvgIpc) is 2.68. The first-order valence-electron chi connectivity index (χ1n) is 9.10. The maximum atomic E-state index is 5.58. The van der Waals surface area contributed by atoms with Crippen molar-refractivity contribution in [3.8, 4) is 5.75 Å². The summed E-state index contributed by atoms with van der Waals surface area (Å²) in [5.74, 6) is 0.828. The van der Waals surface area contributed by atoms with Gasteiger partial charge in [0.2, 0.25) is 0 Å². The first-order valence-corrected chi connectivity index (χ1v) is 9.10. The van der Waals surface area contributed by atoms with E-state index >= 15 is 0 Å². The van der Waals surface area contributed by atoms with Crippen LogP contribution in [0.15, 0.2) is 30.8 Å². The van der Waals surface area contributed by atoms with Gasteiger partial charge in [-0.2, -0.15) is 0 Å². The van der Waals surface area contributed by atoms with Crippen LogP contribution in [0.1, 0.15) is 12.5 Å². The maximum Gasteiger partial charge on any atom is 0.119 e. The Morgan fingerprint density at radius 3 is 1.50 bits per heavy atom. The van der Waals surface area contributed by atoms with Crippen molar-refractivity contribution in [2.24, 2.45) is 0 Å². The number of hydrogen-bond acceptors (Lipinski definition) is 6. The van der Waals surface area contributed by atoms with Crippen LogP contribution in [0.5, 0.6) is 5.75 Å². The van der Waals surface area contributed by atoms with Crippen LogP contribution >= 0.6 is 0 Å². The smallest absolute Gasteiger partial charge is 0.119 e. The second-order valence-corrected chi connectivity index (χ2v) is 5.27. The molecule has 0 radical (unpaired) electrons. The molecule has 148 valence electrons. The Hall–Kier alpha value is -1.44. The molecular formula is C20H32O6. The molecule has 1 aromatic carbocycles. The minimum Gasteiger partial charge on any atom is -0.491 e. The summed E-state index contributed by atoms with van der Waals surface area (Å²) < 4.78 is 32.3. The minimum absolute atomic E-state index is 0.514. The van der Waals surface area contributed by atoms with Gasteiger partial charge >= 0.3 is 0 Å². The highest BCUT2D eigenvalue weighted by atomic mass is 16.6. The largest absolute Gasteiger partial charge is 0.491 e. The molecule has 0 saturated carbocycles. The van der Waals surface area contributed by atoms with Crippen molar-refractivity contribution >= 4 is 6.08 Å². The molecule has 0 aromatic heterocycles. The molecule has 0 N–H and O–H groups in total. The van der Waals surface area contributed by atoms with E-state index in [0.717, 1.165) is 17.9 Å². The van der Waals surface area contributed by atoms with Gasteiger partial charge in [-0.15, -0.1) is 0 Å². The van der Waals surface area contributed by atoms with E-state index in [1.807, 2.05) is 31.2 Å². The zero-order chi connectivity index (χ0) is 18.7. The second kappa shape index (κ2) is 17.0. The summed E-state index contributed by atoms with van der Waals surface area (Å²) in [5.41, 5.74) is 1.07. The van der Waals surface area contributed by atoms with E-state index in [0.29, 0.717) is 66.1 Å². The quantitative estimate of drug-likeness (QED) is 0.372. The van der Waals surface area contributed by atoms with Crippen molar-refractivity contribution in [2.75, 3.05) is 72.7 Å². The van der Waals surface area contributed by atoms with E-state index < -0.39 is 0 Å². The number of hydrogen-bond donors (Lipinski definition) is 0. The van der Waals surface area contributed by atoms with Gasteiger partial charge in [0.15, 0.2) is 0 Å². The molecule has 0 fully saturated rings. The highest BCUT2D eigenvalue weighted by Gasteiger charge is 1.95. The summed E-state index contributed by atoms with van der Waals surface area (Å²) in [6.45, 7) is 12.0. The Bertz CT molecular complexity index is 434. The fraction of sp³-hybridized carbons (Fsp3) is 0.600. The van der Waals surface area contributed by atoms with E-state index in [4.69, 9.17) is 28.4 Å². The standard InChI is InChI=1S/C20H32O6/c1-3-19-5-7-20(8-6-19)26-18-17-25-16-15-24-14-13-23-12-11-22-10-9-21-4-2/h3,5-8H,1,4,9-18H2,2H3. The van der Waals surface area contributed by atoms with Crippen molar-refractivity contribution in [1.29, 1.82) is 0 Å². The SMILES string of the molecule is C=Cc1ccc(OCCOCCOCCOCCOCCOCC)cc1. The molecule has 0 saturated heterocycles. The van der Waals surface area contributed by atoms with Gasteiger partial charge in [-0.05, 0) is 24.6 Å². The van der Waals surface area contributed by atoms with Crippen molar-refractivity contribution in [3.05, 3.63) is 36.4 Å². The lowest BCUT2D eigenvalue weighted by atomic mass is 10.2. The van der Waals surface area contributed by atoms with Gasteiger partial charge in [0, 0.05) is 6.61 Å². The Balaban J connectivity index is 1.77. The summed E-state index contributed by atoms with van der Waals surface area (Å²) in [6, 6.07) is 7.77. The average molecular weight is 368 g/mol. The van der Waals surface area contributed by atoms with Crippen molar-refractivity contribution < 1.29 is 28.4 Å². The normalized spacial score (nSPS) is 10.8. The summed E-state index contributed by atoms with van der Waals surface area (Å²) >= 11 is 0. The second-order valence-electron chi connectivity index (χ2n) is 5.27. The monoisotopic (exact) mass is 368 g/mol. The third kappa shape index (κ3) is 12.9. The van der Waals surface area contributed by atoms with Crippen LogP contribution in [0.3, 0.4) is 0 Å². The highest BCUT2D eigenvalue weighted by molar-refractivity contribution is 5.48. The molecule has 1 aromatic rings.